The number of likely N-dealkylation sites (N-methyl/N-ethyl adjacent to an activating group) is 1. The van der Waals surface area contributed by atoms with Crippen LogP contribution < -0.4 is 5.32 Å². The summed E-state index contributed by atoms with van der Waals surface area (Å²) in [7, 11) is 1.94. The fourth-order valence-electron chi connectivity index (χ4n) is 2.26. The molecule has 0 radical (unpaired) electrons. The molecule has 0 bridgehead atoms. The van der Waals surface area contributed by atoms with E-state index in [1.54, 1.807) is 11.8 Å². The maximum absolute atomic E-state index is 12.6. The Morgan fingerprint density at radius 1 is 1.38 bits per heavy atom. The molecule has 5 heteroatoms. The van der Waals surface area contributed by atoms with E-state index in [1.165, 1.54) is 0 Å². The topological polar surface area (TPSA) is 52.6 Å². The Morgan fingerprint density at radius 2 is 2.00 bits per heavy atom. The minimum Gasteiger partial charge on any atom is -0.395 e. The summed E-state index contributed by atoms with van der Waals surface area (Å²) in [4.78, 5) is 14.7. The molecule has 118 valence electrons. The predicted octanol–water partition coefficient (Wildman–Crippen LogP) is 1.91. The summed E-state index contributed by atoms with van der Waals surface area (Å²) in [6.45, 7) is 4.81. The Balaban J connectivity index is 2.87. The zero-order valence-corrected chi connectivity index (χ0v) is 14.1. The molecule has 0 saturated heterocycles. The number of rotatable bonds is 8. The van der Waals surface area contributed by atoms with E-state index in [2.05, 4.69) is 5.32 Å². The average Bonchev–Trinajstić information content (AvgIpc) is 2.49. The number of amides is 1. The molecule has 1 aromatic carbocycles. The highest BCUT2D eigenvalue weighted by atomic mass is 32.2. The van der Waals surface area contributed by atoms with Crippen LogP contribution in [0.2, 0.25) is 0 Å². The van der Waals surface area contributed by atoms with Gasteiger partial charge in [0.15, 0.2) is 0 Å². The standard InChI is InChI=1S/C16H26N2O2S/c1-5-18(3)15(13-9-7-6-8-10-13)16(20)17-12(2)14(11-19)21-4/h6-10,12,14-15,19H,5,11H2,1-4H3,(H,17,20). The van der Waals surface area contributed by atoms with Crippen molar-refractivity contribution in [1.29, 1.82) is 0 Å². The molecular weight excluding hydrogens is 284 g/mol. The van der Waals surface area contributed by atoms with E-state index in [0.29, 0.717) is 0 Å². The minimum absolute atomic E-state index is 0.0114. The van der Waals surface area contributed by atoms with Crippen molar-refractivity contribution in [3.05, 3.63) is 35.9 Å². The maximum atomic E-state index is 12.6. The second-order valence-corrected chi connectivity index (χ2v) is 6.22. The van der Waals surface area contributed by atoms with Gasteiger partial charge in [-0.1, -0.05) is 37.3 Å². The molecule has 21 heavy (non-hydrogen) atoms. The number of hydrogen-bond donors (Lipinski definition) is 2. The molecule has 0 heterocycles. The summed E-state index contributed by atoms with van der Waals surface area (Å²) < 4.78 is 0. The van der Waals surface area contributed by atoms with Crippen LogP contribution in [0.3, 0.4) is 0 Å². The van der Waals surface area contributed by atoms with E-state index in [-0.39, 0.29) is 29.8 Å². The SMILES string of the molecule is CCN(C)C(C(=O)NC(C)C(CO)SC)c1ccccc1. The largest absolute Gasteiger partial charge is 0.395 e. The van der Waals surface area contributed by atoms with Crippen molar-refractivity contribution in [1.82, 2.24) is 10.2 Å². The normalized spacial score (nSPS) is 15.5. The summed E-state index contributed by atoms with van der Waals surface area (Å²) in [6.07, 6.45) is 1.94. The molecule has 0 aliphatic heterocycles. The fourth-order valence-corrected chi connectivity index (χ4v) is 2.88. The quantitative estimate of drug-likeness (QED) is 0.770. The van der Waals surface area contributed by atoms with Gasteiger partial charge in [0.2, 0.25) is 5.91 Å². The summed E-state index contributed by atoms with van der Waals surface area (Å²) in [5.41, 5.74) is 0.983. The smallest absolute Gasteiger partial charge is 0.242 e. The number of nitrogens with zero attached hydrogens (tertiary/aromatic N) is 1. The van der Waals surface area contributed by atoms with Crippen molar-refractivity contribution in [3.8, 4) is 0 Å². The summed E-state index contributed by atoms with van der Waals surface area (Å²) in [5.74, 6) is -0.0226. The molecule has 3 unspecified atom stereocenters. The third-order valence-electron chi connectivity index (χ3n) is 3.71. The average molecular weight is 310 g/mol. The van der Waals surface area contributed by atoms with Crippen LogP contribution in [0.15, 0.2) is 30.3 Å². The number of benzene rings is 1. The summed E-state index contributed by atoms with van der Waals surface area (Å²) in [5, 5.41) is 12.4. The lowest BCUT2D eigenvalue weighted by atomic mass is 10.0. The molecule has 0 saturated carbocycles. The van der Waals surface area contributed by atoms with Gasteiger partial charge in [-0.2, -0.15) is 11.8 Å². The van der Waals surface area contributed by atoms with E-state index in [4.69, 9.17) is 0 Å². The van der Waals surface area contributed by atoms with Crippen LogP contribution >= 0.6 is 11.8 Å². The van der Waals surface area contributed by atoms with Crippen LogP contribution in [0.5, 0.6) is 0 Å². The van der Waals surface area contributed by atoms with Crippen molar-refractivity contribution in [3.63, 3.8) is 0 Å². The van der Waals surface area contributed by atoms with Gasteiger partial charge in [0.1, 0.15) is 6.04 Å². The van der Waals surface area contributed by atoms with Crippen LogP contribution in [0.25, 0.3) is 0 Å². The van der Waals surface area contributed by atoms with Crippen LogP contribution in [0, 0.1) is 0 Å². The van der Waals surface area contributed by atoms with Crippen molar-refractivity contribution in [2.75, 3.05) is 26.5 Å². The van der Waals surface area contributed by atoms with E-state index < -0.39 is 0 Å². The number of thioether (sulfide) groups is 1. The Hall–Kier alpha value is -1.04. The lowest BCUT2D eigenvalue weighted by Crippen LogP contribution is -2.46. The fraction of sp³-hybridized carbons (Fsp3) is 0.562. The van der Waals surface area contributed by atoms with Crippen LogP contribution in [-0.2, 0) is 4.79 Å². The number of nitrogens with one attached hydrogen (secondary N) is 1. The molecule has 1 amide bonds. The number of hydrogen-bond acceptors (Lipinski definition) is 4. The molecule has 3 atom stereocenters. The highest BCUT2D eigenvalue weighted by Crippen LogP contribution is 2.20. The second kappa shape index (κ2) is 9.07. The third kappa shape index (κ3) is 5.02. The van der Waals surface area contributed by atoms with Gasteiger partial charge < -0.3 is 10.4 Å². The molecule has 4 nitrogen and oxygen atoms in total. The van der Waals surface area contributed by atoms with Crippen molar-refractivity contribution in [2.45, 2.75) is 31.2 Å². The first-order valence-electron chi connectivity index (χ1n) is 7.24. The minimum atomic E-state index is -0.306. The first kappa shape index (κ1) is 18.0. The first-order chi connectivity index (χ1) is 10.0. The van der Waals surface area contributed by atoms with Crippen molar-refractivity contribution >= 4 is 17.7 Å². The van der Waals surface area contributed by atoms with Gasteiger partial charge in [-0.25, -0.2) is 0 Å². The van der Waals surface area contributed by atoms with E-state index >= 15 is 0 Å². The molecular formula is C16H26N2O2S. The van der Waals surface area contributed by atoms with Gasteiger partial charge in [-0.15, -0.1) is 0 Å². The molecule has 0 aliphatic rings. The molecule has 0 aliphatic carbocycles. The van der Waals surface area contributed by atoms with Gasteiger partial charge in [-0.05, 0) is 32.3 Å². The van der Waals surface area contributed by atoms with Crippen molar-refractivity contribution < 1.29 is 9.90 Å². The molecule has 0 aromatic heterocycles. The highest BCUT2D eigenvalue weighted by Gasteiger charge is 2.27. The van der Waals surface area contributed by atoms with Crippen LogP contribution in [0.1, 0.15) is 25.5 Å². The lowest BCUT2D eigenvalue weighted by molar-refractivity contribution is -0.126. The van der Waals surface area contributed by atoms with E-state index in [1.807, 2.05) is 62.4 Å². The third-order valence-corrected chi connectivity index (χ3v) is 4.88. The van der Waals surface area contributed by atoms with Gasteiger partial charge in [0.05, 0.1) is 6.61 Å². The number of aliphatic hydroxyl groups is 1. The number of carbonyl (C=O) groups excluding carboxylic acids is 1. The van der Waals surface area contributed by atoms with Gasteiger partial charge in [0.25, 0.3) is 0 Å². The number of carbonyl (C=O) groups is 1. The van der Waals surface area contributed by atoms with Gasteiger partial charge in [-0.3, -0.25) is 9.69 Å². The molecule has 2 N–H and O–H groups in total. The van der Waals surface area contributed by atoms with E-state index in [0.717, 1.165) is 12.1 Å². The van der Waals surface area contributed by atoms with Crippen LogP contribution in [-0.4, -0.2) is 53.7 Å². The Kier molecular flexibility index (Phi) is 7.78. The first-order valence-corrected chi connectivity index (χ1v) is 8.53. The van der Waals surface area contributed by atoms with E-state index in [9.17, 15) is 9.90 Å². The Bertz CT molecular complexity index is 424. The maximum Gasteiger partial charge on any atom is 0.242 e. The molecule has 1 rings (SSSR count). The summed E-state index contributed by atoms with van der Waals surface area (Å²) >= 11 is 1.56. The summed E-state index contributed by atoms with van der Waals surface area (Å²) in [6, 6.07) is 9.40. The number of aliphatic hydroxyl groups excluding tert-OH is 1. The zero-order chi connectivity index (χ0) is 15.8. The predicted molar refractivity (Wildman–Crippen MR) is 89.5 cm³/mol. The molecule has 0 spiro atoms. The van der Waals surface area contributed by atoms with Gasteiger partial charge in [0, 0.05) is 11.3 Å². The Labute approximate surface area is 131 Å². The van der Waals surface area contributed by atoms with Gasteiger partial charge >= 0.3 is 0 Å². The molecule has 1 aromatic rings. The highest BCUT2D eigenvalue weighted by molar-refractivity contribution is 7.99. The lowest BCUT2D eigenvalue weighted by Gasteiger charge is -2.29. The zero-order valence-electron chi connectivity index (χ0n) is 13.2. The monoisotopic (exact) mass is 310 g/mol. The second-order valence-electron chi connectivity index (χ2n) is 5.14. The molecule has 0 fully saturated rings. The Morgan fingerprint density at radius 3 is 2.48 bits per heavy atom. The van der Waals surface area contributed by atoms with Crippen molar-refractivity contribution in [2.24, 2.45) is 0 Å². The van der Waals surface area contributed by atoms with Crippen LogP contribution in [0.4, 0.5) is 0 Å².